The second-order valence-corrected chi connectivity index (χ2v) is 8.17. The molecule has 0 amide bonds. The van der Waals surface area contributed by atoms with Crippen LogP contribution in [-0.2, 0) is 6.42 Å². The van der Waals surface area contributed by atoms with Gasteiger partial charge in [0.15, 0.2) is 0 Å². The van der Waals surface area contributed by atoms with E-state index < -0.39 is 0 Å². The maximum Gasteiger partial charge on any atom is -0.0181 e. The molecule has 0 radical (unpaired) electrons. The normalized spacial score (nSPS) is 13.2. The van der Waals surface area contributed by atoms with Gasteiger partial charge in [-0.25, -0.2) is 0 Å². The molecule has 0 unspecified atom stereocenters. The molecule has 0 atom stereocenters. The van der Waals surface area contributed by atoms with Gasteiger partial charge in [0.2, 0.25) is 0 Å². The molecule has 0 aliphatic carbocycles. The van der Waals surface area contributed by atoms with Crippen LogP contribution in [0, 0.1) is 16.7 Å². The summed E-state index contributed by atoms with van der Waals surface area (Å²) in [5, 5.41) is 2.69. The van der Waals surface area contributed by atoms with Crippen molar-refractivity contribution in [1.29, 1.82) is 0 Å². The van der Waals surface area contributed by atoms with Crippen LogP contribution in [0.1, 0.15) is 47.1 Å². The van der Waals surface area contributed by atoms with E-state index in [0.717, 1.165) is 6.42 Å². The molecule has 2 aromatic carbocycles. The van der Waals surface area contributed by atoms with Gasteiger partial charge in [-0.15, -0.1) is 0 Å². The largest absolute Gasteiger partial charge is 0.0616 e. The Morgan fingerprint density at radius 2 is 1.30 bits per heavy atom. The summed E-state index contributed by atoms with van der Waals surface area (Å²) in [5.74, 6) is 0.663. The van der Waals surface area contributed by atoms with Gasteiger partial charge in [-0.05, 0) is 39.5 Å². The molecule has 0 aliphatic rings. The molecule has 0 fully saturated rings. The number of hydrogen-bond donors (Lipinski definition) is 0. The molecule has 0 nitrogen and oxygen atoms in total. The molecule has 0 heteroatoms. The summed E-state index contributed by atoms with van der Waals surface area (Å²) < 4.78 is 0. The first-order valence-corrected chi connectivity index (χ1v) is 7.65. The van der Waals surface area contributed by atoms with Crippen LogP contribution in [0.5, 0.6) is 0 Å². The molecule has 2 aromatic rings. The first-order chi connectivity index (χ1) is 9.18. The summed E-state index contributed by atoms with van der Waals surface area (Å²) in [4.78, 5) is 0. The van der Waals surface area contributed by atoms with Crippen molar-refractivity contribution in [2.45, 2.75) is 48.0 Å². The fraction of sp³-hybridized carbons (Fsp3) is 0.500. The van der Waals surface area contributed by atoms with Crippen molar-refractivity contribution in [3.63, 3.8) is 0 Å². The SMILES string of the molecule is CC(C)(C)C(Cc1ccc2ccccc2c1)C(C)(C)C. The van der Waals surface area contributed by atoms with Gasteiger partial charge < -0.3 is 0 Å². The summed E-state index contributed by atoms with van der Waals surface area (Å²) in [6.45, 7) is 14.2. The van der Waals surface area contributed by atoms with E-state index in [2.05, 4.69) is 84.0 Å². The Labute approximate surface area is 124 Å². The molecular weight excluding hydrogens is 240 g/mol. The predicted octanol–water partition coefficient (Wildman–Crippen LogP) is 6.09. The minimum Gasteiger partial charge on any atom is -0.0616 e. The Balaban J connectivity index is 2.34. The lowest BCUT2D eigenvalue weighted by Crippen LogP contribution is -2.34. The number of hydrogen-bond acceptors (Lipinski definition) is 0. The maximum absolute atomic E-state index is 2.37. The minimum atomic E-state index is 0.323. The molecule has 20 heavy (non-hydrogen) atoms. The van der Waals surface area contributed by atoms with Gasteiger partial charge in [0.25, 0.3) is 0 Å². The summed E-state index contributed by atoms with van der Waals surface area (Å²) in [5.41, 5.74) is 2.10. The van der Waals surface area contributed by atoms with E-state index in [0.29, 0.717) is 16.7 Å². The fourth-order valence-electron chi connectivity index (χ4n) is 3.51. The van der Waals surface area contributed by atoms with Crippen molar-refractivity contribution in [1.82, 2.24) is 0 Å². The third-order valence-electron chi connectivity index (χ3n) is 4.34. The first-order valence-electron chi connectivity index (χ1n) is 7.65. The zero-order valence-corrected chi connectivity index (χ0v) is 13.8. The second kappa shape index (κ2) is 5.24. The van der Waals surface area contributed by atoms with Crippen LogP contribution in [-0.4, -0.2) is 0 Å². The molecule has 0 bridgehead atoms. The quantitative estimate of drug-likeness (QED) is 0.618. The molecular formula is C20H28. The van der Waals surface area contributed by atoms with E-state index in [1.54, 1.807) is 0 Å². The lowest BCUT2D eigenvalue weighted by molar-refractivity contribution is 0.102. The van der Waals surface area contributed by atoms with Gasteiger partial charge in [0.1, 0.15) is 0 Å². The van der Waals surface area contributed by atoms with Crippen LogP contribution in [0.4, 0.5) is 0 Å². The highest BCUT2D eigenvalue weighted by Gasteiger charge is 2.34. The van der Waals surface area contributed by atoms with E-state index in [9.17, 15) is 0 Å². The molecule has 0 saturated carbocycles. The van der Waals surface area contributed by atoms with Crippen molar-refractivity contribution in [2.24, 2.45) is 16.7 Å². The smallest absolute Gasteiger partial charge is 0.0181 e. The first kappa shape index (κ1) is 15.1. The van der Waals surface area contributed by atoms with E-state index >= 15 is 0 Å². The van der Waals surface area contributed by atoms with E-state index in [4.69, 9.17) is 0 Å². The molecule has 108 valence electrons. The lowest BCUT2D eigenvalue weighted by atomic mass is 9.64. The Morgan fingerprint density at radius 3 is 1.85 bits per heavy atom. The number of benzene rings is 2. The molecule has 0 aliphatic heterocycles. The van der Waals surface area contributed by atoms with Crippen molar-refractivity contribution < 1.29 is 0 Å². The maximum atomic E-state index is 2.37. The van der Waals surface area contributed by atoms with Gasteiger partial charge in [0, 0.05) is 0 Å². The topological polar surface area (TPSA) is 0 Å². The average molecular weight is 268 g/mol. The van der Waals surface area contributed by atoms with Crippen LogP contribution in [0.3, 0.4) is 0 Å². The van der Waals surface area contributed by atoms with E-state index in [1.807, 2.05) is 0 Å². The zero-order chi connectivity index (χ0) is 15.0. The summed E-state index contributed by atoms with van der Waals surface area (Å²) in [6, 6.07) is 15.5. The Hall–Kier alpha value is -1.30. The minimum absolute atomic E-state index is 0.323. The van der Waals surface area contributed by atoms with E-state index in [1.165, 1.54) is 16.3 Å². The summed E-state index contributed by atoms with van der Waals surface area (Å²) in [7, 11) is 0. The zero-order valence-electron chi connectivity index (χ0n) is 13.8. The highest BCUT2D eigenvalue weighted by Crippen LogP contribution is 2.42. The fourth-order valence-corrected chi connectivity index (χ4v) is 3.51. The Kier molecular flexibility index (Phi) is 3.95. The third kappa shape index (κ3) is 3.42. The van der Waals surface area contributed by atoms with Gasteiger partial charge in [-0.2, -0.15) is 0 Å². The Bertz CT molecular complexity index is 565. The van der Waals surface area contributed by atoms with Crippen LogP contribution < -0.4 is 0 Å². The van der Waals surface area contributed by atoms with Crippen molar-refractivity contribution in [3.8, 4) is 0 Å². The second-order valence-electron chi connectivity index (χ2n) is 8.17. The van der Waals surface area contributed by atoms with Crippen molar-refractivity contribution in [2.75, 3.05) is 0 Å². The molecule has 2 rings (SSSR count). The van der Waals surface area contributed by atoms with Crippen LogP contribution in [0.25, 0.3) is 10.8 Å². The highest BCUT2D eigenvalue weighted by atomic mass is 14.4. The van der Waals surface area contributed by atoms with Crippen molar-refractivity contribution in [3.05, 3.63) is 48.0 Å². The Morgan fingerprint density at radius 1 is 0.750 bits per heavy atom. The van der Waals surface area contributed by atoms with E-state index in [-0.39, 0.29) is 0 Å². The molecule has 0 aromatic heterocycles. The third-order valence-corrected chi connectivity index (χ3v) is 4.34. The molecule has 0 spiro atoms. The highest BCUT2D eigenvalue weighted by molar-refractivity contribution is 5.82. The number of fused-ring (bicyclic) bond motifs is 1. The average Bonchev–Trinajstić information content (AvgIpc) is 2.33. The van der Waals surface area contributed by atoms with Crippen LogP contribution in [0.15, 0.2) is 42.5 Å². The molecule has 0 heterocycles. The standard InChI is InChI=1S/C20H28/c1-19(2,3)18(20(4,5)6)14-15-11-12-16-9-7-8-10-17(16)13-15/h7-13,18H,14H2,1-6H3. The van der Waals surface area contributed by atoms with Gasteiger partial charge in [-0.1, -0.05) is 84.0 Å². The summed E-state index contributed by atoms with van der Waals surface area (Å²) in [6.07, 6.45) is 1.15. The van der Waals surface area contributed by atoms with Gasteiger partial charge in [0.05, 0.1) is 0 Å². The predicted molar refractivity (Wildman–Crippen MR) is 90.1 cm³/mol. The van der Waals surface area contributed by atoms with Crippen LogP contribution in [0.2, 0.25) is 0 Å². The monoisotopic (exact) mass is 268 g/mol. The molecule has 0 N–H and O–H groups in total. The van der Waals surface area contributed by atoms with Crippen LogP contribution >= 0.6 is 0 Å². The van der Waals surface area contributed by atoms with Crippen molar-refractivity contribution >= 4 is 10.8 Å². The lowest BCUT2D eigenvalue weighted by Gasteiger charge is -2.41. The number of rotatable bonds is 2. The molecule has 0 saturated heterocycles. The summed E-state index contributed by atoms with van der Waals surface area (Å²) >= 11 is 0. The van der Waals surface area contributed by atoms with Gasteiger partial charge in [-0.3, -0.25) is 0 Å². The van der Waals surface area contributed by atoms with Gasteiger partial charge >= 0.3 is 0 Å².